The highest BCUT2D eigenvalue weighted by molar-refractivity contribution is 5.77. The summed E-state index contributed by atoms with van der Waals surface area (Å²) in [6, 6.07) is 16.3. The molecule has 0 unspecified atom stereocenters. The number of ether oxygens (including phenoxy) is 2. The van der Waals surface area contributed by atoms with Gasteiger partial charge in [0.05, 0.1) is 17.6 Å². The first-order chi connectivity index (χ1) is 14.7. The Morgan fingerprint density at radius 1 is 1.07 bits per heavy atom. The van der Waals surface area contributed by atoms with Gasteiger partial charge in [-0.1, -0.05) is 36.8 Å². The molecular formula is C24H31N3O3. The van der Waals surface area contributed by atoms with E-state index < -0.39 is 0 Å². The number of rotatable bonds is 12. The number of hydrogen-bond donors (Lipinski definition) is 1. The van der Waals surface area contributed by atoms with Crippen LogP contribution in [0.5, 0.6) is 5.75 Å². The molecular weight excluding hydrogens is 378 g/mol. The maximum absolute atomic E-state index is 11.4. The summed E-state index contributed by atoms with van der Waals surface area (Å²) in [6.07, 6.45) is 3.93. The fourth-order valence-corrected chi connectivity index (χ4v) is 3.53. The van der Waals surface area contributed by atoms with Gasteiger partial charge in [0, 0.05) is 20.1 Å². The first-order valence-corrected chi connectivity index (χ1v) is 10.6. The quantitative estimate of drug-likeness (QED) is 0.461. The van der Waals surface area contributed by atoms with E-state index in [1.165, 1.54) is 7.11 Å². The van der Waals surface area contributed by atoms with Crippen LogP contribution in [0, 0.1) is 6.92 Å². The lowest BCUT2D eigenvalue weighted by atomic mass is 10.2. The predicted octanol–water partition coefficient (Wildman–Crippen LogP) is 3.90. The molecule has 3 rings (SSSR count). The number of benzene rings is 2. The smallest absolute Gasteiger partial charge is 0.245 e. The number of carbonyl (C=O) groups excluding carboxylic acids is 1. The molecule has 1 amide bonds. The second-order valence-corrected chi connectivity index (χ2v) is 7.38. The number of para-hydroxylation sites is 3. The third-order valence-electron chi connectivity index (χ3n) is 5.07. The van der Waals surface area contributed by atoms with Gasteiger partial charge in [-0.15, -0.1) is 0 Å². The number of fused-ring (bicyclic) bond motifs is 1. The van der Waals surface area contributed by atoms with Crippen LogP contribution in [0.2, 0.25) is 0 Å². The van der Waals surface area contributed by atoms with E-state index in [-0.39, 0.29) is 12.5 Å². The van der Waals surface area contributed by atoms with Crippen LogP contribution in [0.4, 0.5) is 0 Å². The zero-order valence-electron chi connectivity index (χ0n) is 17.9. The number of nitrogens with zero attached hydrogens (tertiary/aromatic N) is 2. The average Bonchev–Trinajstić information content (AvgIpc) is 3.10. The summed E-state index contributed by atoms with van der Waals surface area (Å²) in [5, 5.41) is 2.86. The first-order valence-electron chi connectivity index (χ1n) is 10.6. The van der Waals surface area contributed by atoms with Crippen molar-refractivity contribution in [3.63, 3.8) is 0 Å². The molecule has 0 aliphatic heterocycles. The van der Waals surface area contributed by atoms with Gasteiger partial charge in [0.1, 0.15) is 24.8 Å². The number of nitrogens with one attached hydrogen (secondary N) is 1. The number of amides is 1. The monoisotopic (exact) mass is 409 g/mol. The van der Waals surface area contributed by atoms with Crippen molar-refractivity contribution in [2.24, 2.45) is 0 Å². The largest absolute Gasteiger partial charge is 0.491 e. The van der Waals surface area contributed by atoms with Crippen LogP contribution in [-0.2, 0) is 22.5 Å². The molecule has 0 atom stereocenters. The summed E-state index contributed by atoms with van der Waals surface area (Å²) in [5.41, 5.74) is 3.31. The summed E-state index contributed by atoms with van der Waals surface area (Å²) in [6.45, 7) is 4.23. The Morgan fingerprint density at radius 3 is 2.70 bits per heavy atom. The minimum atomic E-state index is -0.0621. The van der Waals surface area contributed by atoms with Crippen molar-refractivity contribution < 1.29 is 14.3 Å². The third kappa shape index (κ3) is 6.07. The number of imidazole rings is 1. The normalized spacial score (nSPS) is 11.0. The third-order valence-corrected chi connectivity index (χ3v) is 5.07. The van der Waals surface area contributed by atoms with Gasteiger partial charge in [-0.25, -0.2) is 4.98 Å². The number of hydrogen-bond acceptors (Lipinski definition) is 4. The second kappa shape index (κ2) is 11.4. The van der Waals surface area contributed by atoms with Crippen molar-refractivity contribution in [1.82, 2.24) is 14.9 Å². The molecule has 6 heteroatoms. The van der Waals surface area contributed by atoms with Gasteiger partial charge in [-0.3, -0.25) is 4.79 Å². The molecule has 1 heterocycles. The minimum absolute atomic E-state index is 0.0621. The number of aryl methyl sites for hydroxylation is 2. The van der Waals surface area contributed by atoms with Gasteiger partial charge in [0.15, 0.2) is 0 Å². The standard InChI is InChI=1S/C24H31N3O3/c1-19-10-5-8-13-22(19)30-17-16-27-21-12-7-6-11-20(21)26-23(27)14-4-3-9-15-25-24(28)18-29-2/h5-8,10-13H,3-4,9,14-18H2,1-2H3,(H,25,28). The maximum atomic E-state index is 11.4. The Balaban J connectivity index is 1.54. The Hall–Kier alpha value is -2.86. The van der Waals surface area contributed by atoms with Gasteiger partial charge in [0.25, 0.3) is 0 Å². The van der Waals surface area contributed by atoms with E-state index in [1.54, 1.807) is 0 Å². The molecule has 6 nitrogen and oxygen atoms in total. The number of methoxy groups -OCH3 is 1. The lowest BCUT2D eigenvalue weighted by Gasteiger charge is -2.12. The molecule has 0 saturated carbocycles. The van der Waals surface area contributed by atoms with Crippen LogP contribution < -0.4 is 10.1 Å². The molecule has 0 aliphatic carbocycles. The molecule has 0 aliphatic rings. The highest BCUT2D eigenvalue weighted by Gasteiger charge is 2.10. The Bertz CT molecular complexity index is 952. The second-order valence-electron chi connectivity index (χ2n) is 7.38. The van der Waals surface area contributed by atoms with Crippen LogP contribution in [0.3, 0.4) is 0 Å². The molecule has 0 saturated heterocycles. The maximum Gasteiger partial charge on any atom is 0.245 e. The molecule has 0 radical (unpaired) electrons. The summed E-state index contributed by atoms with van der Waals surface area (Å²) >= 11 is 0. The Kier molecular flexibility index (Phi) is 8.27. The Morgan fingerprint density at radius 2 is 1.87 bits per heavy atom. The molecule has 0 fully saturated rings. The van der Waals surface area contributed by atoms with Gasteiger partial charge in [0.2, 0.25) is 5.91 Å². The molecule has 2 aromatic carbocycles. The van der Waals surface area contributed by atoms with Crippen molar-refractivity contribution >= 4 is 16.9 Å². The summed E-state index contributed by atoms with van der Waals surface area (Å²) in [4.78, 5) is 16.3. The van der Waals surface area contributed by atoms with Gasteiger partial charge < -0.3 is 19.4 Å². The fourth-order valence-electron chi connectivity index (χ4n) is 3.53. The van der Waals surface area contributed by atoms with Gasteiger partial charge in [-0.05, 0) is 43.5 Å². The highest BCUT2D eigenvalue weighted by atomic mass is 16.5. The molecule has 160 valence electrons. The van der Waals surface area contributed by atoms with E-state index in [0.29, 0.717) is 13.2 Å². The molecule has 30 heavy (non-hydrogen) atoms. The van der Waals surface area contributed by atoms with Crippen molar-refractivity contribution in [3.05, 3.63) is 59.9 Å². The molecule has 1 N–H and O–H groups in total. The zero-order chi connectivity index (χ0) is 21.2. The summed E-state index contributed by atoms with van der Waals surface area (Å²) in [5.74, 6) is 1.96. The first kappa shape index (κ1) is 21.8. The highest BCUT2D eigenvalue weighted by Crippen LogP contribution is 2.19. The van der Waals surface area contributed by atoms with Crippen molar-refractivity contribution in [1.29, 1.82) is 0 Å². The van der Waals surface area contributed by atoms with Crippen molar-refractivity contribution in [2.75, 3.05) is 26.9 Å². The van der Waals surface area contributed by atoms with E-state index in [1.807, 2.05) is 24.3 Å². The van der Waals surface area contributed by atoms with Crippen LogP contribution in [0.15, 0.2) is 48.5 Å². The molecule has 0 spiro atoms. The lowest BCUT2D eigenvalue weighted by molar-refractivity contribution is -0.124. The summed E-state index contributed by atoms with van der Waals surface area (Å²) in [7, 11) is 1.53. The van der Waals surface area contributed by atoms with Gasteiger partial charge >= 0.3 is 0 Å². The SMILES string of the molecule is COCC(=O)NCCCCCc1nc2ccccc2n1CCOc1ccccc1C. The lowest BCUT2D eigenvalue weighted by Crippen LogP contribution is -2.27. The average molecular weight is 410 g/mol. The number of carbonyl (C=O) groups is 1. The van der Waals surface area contributed by atoms with Crippen LogP contribution in [0.1, 0.15) is 30.7 Å². The fraction of sp³-hybridized carbons (Fsp3) is 0.417. The van der Waals surface area contributed by atoms with E-state index in [9.17, 15) is 4.79 Å². The molecule has 0 bridgehead atoms. The van der Waals surface area contributed by atoms with E-state index in [0.717, 1.165) is 60.4 Å². The van der Waals surface area contributed by atoms with E-state index >= 15 is 0 Å². The number of unbranched alkanes of at least 4 members (excludes halogenated alkanes) is 2. The minimum Gasteiger partial charge on any atom is -0.491 e. The van der Waals surface area contributed by atoms with E-state index in [4.69, 9.17) is 14.5 Å². The van der Waals surface area contributed by atoms with Crippen LogP contribution in [-0.4, -0.2) is 42.3 Å². The van der Waals surface area contributed by atoms with Crippen molar-refractivity contribution in [3.8, 4) is 5.75 Å². The zero-order valence-corrected chi connectivity index (χ0v) is 17.9. The van der Waals surface area contributed by atoms with Crippen LogP contribution >= 0.6 is 0 Å². The topological polar surface area (TPSA) is 65.4 Å². The molecule has 3 aromatic rings. The summed E-state index contributed by atoms with van der Waals surface area (Å²) < 4.78 is 13.1. The van der Waals surface area contributed by atoms with Crippen molar-refractivity contribution in [2.45, 2.75) is 39.2 Å². The molecule has 1 aromatic heterocycles. The van der Waals surface area contributed by atoms with Gasteiger partial charge in [-0.2, -0.15) is 0 Å². The van der Waals surface area contributed by atoms with E-state index in [2.05, 4.69) is 41.1 Å². The number of aromatic nitrogens is 2. The Labute approximate surface area is 178 Å². The predicted molar refractivity (Wildman–Crippen MR) is 119 cm³/mol. The van der Waals surface area contributed by atoms with Crippen LogP contribution in [0.25, 0.3) is 11.0 Å².